The molecule has 0 atom stereocenters. The molecule has 0 N–H and O–H groups in total. The first-order valence-corrected chi connectivity index (χ1v) is 6.68. The number of aryl methyl sites for hydroxylation is 1. The van der Waals surface area contributed by atoms with E-state index in [1.165, 1.54) is 16.7 Å². The van der Waals surface area contributed by atoms with Gasteiger partial charge in [-0.2, -0.15) is 0 Å². The molecule has 0 saturated carbocycles. The van der Waals surface area contributed by atoms with E-state index in [0.717, 1.165) is 13.2 Å². The largest absolute Gasteiger partial charge is 0.379 e. The first kappa shape index (κ1) is 12.9. The van der Waals surface area contributed by atoms with Gasteiger partial charge in [-0.15, -0.1) is 11.6 Å². The highest BCUT2D eigenvalue weighted by atomic mass is 35.5. The van der Waals surface area contributed by atoms with E-state index in [0.29, 0.717) is 5.88 Å². The molecule has 1 aromatic rings. The van der Waals surface area contributed by atoms with E-state index in [-0.39, 0.29) is 10.8 Å². The molecular formula is C15H21ClO. The van der Waals surface area contributed by atoms with Crippen molar-refractivity contribution < 1.29 is 4.74 Å². The van der Waals surface area contributed by atoms with Gasteiger partial charge in [-0.1, -0.05) is 39.0 Å². The lowest BCUT2D eigenvalue weighted by Gasteiger charge is -2.41. The SMILES string of the molecule is Cc1cc(C(C)(C)C)ccc1C1(CCl)COC1. The van der Waals surface area contributed by atoms with Crippen LogP contribution in [0, 0.1) is 6.92 Å². The van der Waals surface area contributed by atoms with Gasteiger partial charge in [0.05, 0.1) is 18.6 Å². The molecule has 0 aliphatic carbocycles. The Labute approximate surface area is 109 Å². The molecule has 0 spiro atoms. The van der Waals surface area contributed by atoms with Crippen molar-refractivity contribution in [3.63, 3.8) is 0 Å². The van der Waals surface area contributed by atoms with Crippen molar-refractivity contribution in [3.05, 3.63) is 34.9 Å². The lowest BCUT2D eigenvalue weighted by atomic mass is 9.76. The number of halogens is 1. The molecule has 1 aromatic carbocycles. The van der Waals surface area contributed by atoms with Crippen LogP contribution in [0.4, 0.5) is 0 Å². The van der Waals surface area contributed by atoms with Gasteiger partial charge in [-0.3, -0.25) is 0 Å². The fraction of sp³-hybridized carbons (Fsp3) is 0.600. The summed E-state index contributed by atoms with van der Waals surface area (Å²) in [6.07, 6.45) is 0. The van der Waals surface area contributed by atoms with E-state index in [1.807, 2.05) is 0 Å². The highest BCUT2D eigenvalue weighted by Gasteiger charge is 2.40. The Kier molecular flexibility index (Phi) is 3.26. The van der Waals surface area contributed by atoms with E-state index in [4.69, 9.17) is 16.3 Å². The van der Waals surface area contributed by atoms with Crippen LogP contribution in [0.5, 0.6) is 0 Å². The van der Waals surface area contributed by atoms with Crippen molar-refractivity contribution in [1.29, 1.82) is 0 Å². The van der Waals surface area contributed by atoms with Crippen LogP contribution in [-0.2, 0) is 15.6 Å². The number of ether oxygens (including phenoxy) is 1. The van der Waals surface area contributed by atoms with E-state index < -0.39 is 0 Å². The van der Waals surface area contributed by atoms with Gasteiger partial charge < -0.3 is 4.74 Å². The first-order valence-electron chi connectivity index (χ1n) is 6.14. The summed E-state index contributed by atoms with van der Waals surface area (Å²) in [4.78, 5) is 0. The normalized spacial score (nSPS) is 18.9. The van der Waals surface area contributed by atoms with E-state index in [9.17, 15) is 0 Å². The van der Waals surface area contributed by atoms with Crippen LogP contribution in [-0.4, -0.2) is 19.1 Å². The zero-order valence-electron chi connectivity index (χ0n) is 11.1. The quantitative estimate of drug-likeness (QED) is 0.728. The Balaban J connectivity index is 2.38. The van der Waals surface area contributed by atoms with Crippen LogP contribution in [0.1, 0.15) is 37.5 Å². The molecule has 2 heteroatoms. The third-order valence-corrected chi connectivity index (χ3v) is 4.19. The average molecular weight is 253 g/mol. The number of rotatable bonds is 2. The zero-order valence-corrected chi connectivity index (χ0v) is 11.9. The predicted molar refractivity (Wildman–Crippen MR) is 73.1 cm³/mol. The smallest absolute Gasteiger partial charge is 0.0597 e. The summed E-state index contributed by atoms with van der Waals surface area (Å²) in [6, 6.07) is 6.76. The molecule has 17 heavy (non-hydrogen) atoms. The molecule has 0 aromatic heterocycles. The molecule has 0 bridgehead atoms. The number of benzene rings is 1. The van der Waals surface area contributed by atoms with Crippen molar-refractivity contribution in [3.8, 4) is 0 Å². The zero-order chi connectivity index (χ0) is 12.7. The molecule has 0 radical (unpaired) electrons. The van der Waals surface area contributed by atoms with Gasteiger partial charge in [0, 0.05) is 5.88 Å². The topological polar surface area (TPSA) is 9.23 Å². The van der Waals surface area contributed by atoms with Gasteiger partial charge in [0.1, 0.15) is 0 Å². The number of hydrogen-bond donors (Lipinski definition) is 0. The predicted octanol–water partition coefficient (Wildman–Crippen LogP) is 3.80. The monoisotopic (exact) mass is 252 g/mol. The van der Waals surface area contributed by atoms with Crippen LogP contribution < -0.4 is 0 Å². The summed E-state index contributed by atoms with van der Waals surface area (Å²) in [7, 11) is 0. The molecular weight excluding hydrogens is 232 g/mol. The lowest BCUT2D eigenvalue weighted by molar-refractivity contribution is -0.0482. The molecule has 1 aliphatic rings. The summed E-state index contributed by atoms with van der Waals surface area (Å²) in [6.45, 7) is 10.4. The van der Waals surface area contributed by atoms with Crippen LogP contribution in [0.3, 0.4) is 0 Å². The van der Waals surface area contributed by atoms with Gasteiger partial charge in [0.15, 0.2) is 0 Å². The summed E-state index contributed by atoms with van der Waals surface area (Å²) < 4.78 is 5.35. The summed E-state index contributed by atoms with van der Waals surface area (Å²) in [5, 5.41) is 0. The minimum Gasteiger partial charge on any atom is -0.379 e. The van der Waals surface area contributed by atoms with Gasteiger partial charge in [0.2, 0.25) is 0 Å². The van der Waals surface area contributed by atoms with Gasteiger partial charge in [-0.05, 0) is 29.0 Å². The fourth-order valence-electron chi connectivity index (χ4n) is 2.38. The number of alkyl halides is 1. The minimum absolute atomic E-state index is 0.0576. The van der Waals surface area contributed by atoms with E-state index in [2.05, 4.69) is 45.9 Å². The Morgan fingerprint density at radius 3 is 2.29 bits per heavy atom. The summed E-state index contributed by atoms with van der Waals surface area (Å²) >= 11 is 6.12. The summed E-state index contributed by atoms with van der Waals surface area (Å²) in [5.41, 5.74) is 4.33. The van der Waals surface area contributed by atoms with Gasteiger partial charge >= 0.3 is 0 Å². The minimum atomic E-state index is 0.0576. The van der Waals surface area contributed by atoms with Crippen molar-refractivity contribution in [2.24, 2.45) is 0 Å². The van der Waals surface area contributed by atoms with Gasteiger partial charge in [-0.25, -0.2) is 0 Å². The maximum absolute atomic E-state index is 6.12. The first-order chi connectivity index (χ1) is 7.89. The van der Waals surface area contributed by atoms with E-state index in [1.54, 1.807) is 0 Å². The highest BCUT2D eigenvalue weighted by Crippen LogP contribution is 2.37. The third-order valence-electron chi connectivity index (χ3n) is 3.68. The summed E-state index contributed by atoms with van der Waals surface area (Å²) in [5.74, 6) is 0.642. The fourth-order valence-corrected chi connectivity index (χ4v) is 2.68. The Morgan fingerprint density at radius 1 is 1.29 bits per heavy atom. The molecule has 94 valence electrons. The molecule has 2 rings (SSSR count). The van der Waals surface area contributed by atoms with Crippen LogP contribution in [0.2, 0.25) is 0 Å². The van der Waals surface area contributed by atoms with Crippen molar-refractivity contribution in [1.82, 2.24) is 0 Å². The van der Waals surface area contributed by atoms with Crippen LogP contribution in [0.25, 0.3) is 0 Å². The standard InChI is InChI=1S/C15H21ClO/c1-11-7-12(14(2,3)4)5-6-13(11)15(8-16)9-17-10-15/h5-7H,8-10H2,1-4H3. The van der Waals surface area contributed by atoms with Crippen LogP contribution in [0.15, 0.2) is 18.2 Å². The Morgan fingerprint density at radius 2 is 1.94 bits per heavy atom. The number of hydrogen-bond acceptors (Lipinski definition) is 1. The van der Waals surface area contributed by atoms with Gasteiger partial charge in [0.25, 0.3) is 0 Å². The maximum Gasteiger partial charge on any atom is 0.0597 e. The van der Waals surface area contributed by atoms with Crippen LogP contribution >= 0.6 is 11.6 Å². The molecule has 1 aliphatic heterocycles. The highest BCUT2D eigenvalue weighted by molar-refractivity contribution is 6.18. The van der Waals surface area contributed by atoms with Crippen molar-refractivity contribution in [2.45, 2.75) is 38.5 Å². The van der Waals surface area contributed by atoms with Crippen molar-refractivity contribution >= 4 is 11.6 Å². The molecule has 1 saturated heterocycles. The molecule has 1 heterocycles. The average Bonchev–Trinajstić information content (AvgIpc) is 2.17. The Bertz CT molecular complexity index is 408. The Hall–Kier alpha value is -0.530. The third kappa shape index (κ3) is 2.23. The second kappa shape index (κ2) is 4.29. The van der Waals surface area contributed by atoms with Crippen molar-refractivity contribution in [2.75, 3.05) is 19.1 Å². The molecule has 0 amide bonds. The molecule has 1 nitrogen and oxygen atoms in total. The maximum atomic E-state index is 6.12. The lowest BCUT2D eigenvalue weighted by Crippen LogP contribution is -2.48. The molecule has 1 fully saturated rings. The molecule has 0 unspecified atom stereocenters. The second-order valence-corrected chi connectivity index (χ2v) is 6.45. The second-order valence-electron chi connectivity index (χ2n) is 6.19. The van der Waals surface area contributed by atoms with E-state index >= 15 is 0 Å².